The maximum Gasteiger partial charge on any atom is 0.137 e. The first-order chi connectivity index (χ1) is 9.74. The molecule has 0 aliphatic heterocycles. The summed E-state index contributed by atoms with van der Waals surface area (Å²) in [5.41, 5.74) is 3.48. The number of hydrogen-bond donors (Lipinski definition) is 2. The van der Waals surface area contributed by atoms with Gasteiger partial charge in [0.05, 0.1) is 0 Å². The molecule has 0 radical (unpaired) electrons. The molecule has 0 spiro atoms. The van der Waals surface area contributed by atoms with E-state index in [1.54, 1.807) is 6.20 Å². The van der Waals surface area contributed by atoms with Gasteiger partial charge in [-0.2, -0.15) is 0 Å². The van der Waals surface area contributed by atoms with Crippen molar-refractivity contribution in [3.05, 3.63) is 64.4 Å². The summed E-state index contributed by atoms with van der Waals surface area (Å²) in [5.74, 6) is 0. The minimum absolute atomic E-state index is 0.310. The van der Waals surface area contributed by atoms with Gasteiger partial charge >= 0.3 is 0 Å². The van der Waals surface area contributed by atoms with Crippen LogP contribution in [0.4, 0.5) is 0 Å². The molecule has 2 heterocycles. The molecule has 2 aromatic heterocycles. The number of benzene rings is 1. The van der Waals surface area contributed by atoms with E-state index in [4.69, 9.17) is 0 Å². The van der Waals surface area contributed by atoms with Crippen LogP contribution in [-0.4, -0.2) is 9.97 Å². The van der Waals surface area contributed by atoms with Gasteiger partial charge in [0.25, 0.3) is 0 Å². The number of pyridine rings is 1. The lowest BCUT2D eigenvalue weighted by Crippen LogP contribution is -2.17. The van der Waals surface area contributed by atoms with E-state index in [1.165, 1.54) is 16.5 Å². The Bertz CT molecular complexity index is 703. The van der Waals surface area contributed by atoms with Gasteiger partial charge in [0.2, 0.25) is 0 Å². The van der Waals surface area contributed by atoms with E-state index in [1.807, 2.05) is 12.3 Å². The fourth-order valence-corrected chi connectivity index (χ4v) is 2.56. The van der Waals surface area contributed by atoms with Crippen molar-refractivity contribution in [2.24, 2.45) is 0 Å². The highest BCUT2D eigenvalue weighted by Gasteiger charge is 2.07. The van der Waals surface area contributed by atoms with Crippen LogP contribution in [-0.2, 0) is 6.54 Å². The second kappa shape index (κ2) is 5.77. The third-order valence-corrected chi connectivity index (χ3v) is 4.03. The van der Waals surface area contributed by atoms with Crippen LogP contribution in [0, 0.1) is 0 Å². The predicted octanol–water partition coefficient (Wildman–Crippen LogP) is 4.18. The van der Waals surface area contributed by atoms with Crippen LogP contribution in [0.3, 0.4) is 0 Å². The predicted molar refractivity (Wildman–Crippen MR) is 85.5 cm³/mol. The molecule has 102 valence electrons. The molecule has 0 saturated heterocycles. The van der Waals surface area contributed by atoms with Gasteiger partial charge in [-0.15, -0.1) is 0 Å². The molecule has 2 N–H and O–H groups in total. The van der Waals surface area contributed by atoms with E-state index in [9.17, 15) is 0 Å². The summed E-state index contributed by atoms with van der Waals surface area (Å²) in [6.07, 6.45) is 3.83. The second-order valence-electron chi connectivity index (χ2n) is 4.87. The Hall–Kier alpha value is -1.65. The third kappa shape index (κ3) is 2.76. The van der Waals surface area contributed by atoms with Gasteiger partial charge in [0.15, 0.2) is 0 Å². The van der Waals surface area contributed by atoms with Gasteiger partial charge in [-0.25, -0.2) is 4.98 Å². The van der Waals surface area contributed by atoms with E-state index < -0.39 is 0 Å². The Morgan fingerprint density at radius 3 is 2.85 bits per heavy atom. The van der Waals surface area contributed by atoms with Crippen molar-refractivity contribution in [1.82, 2.24) is 15.3 Å². The Balaban J connectivity index is 1.71. The van der Waals surface area contributed by atoms with Gasteiger partial charge in [0, 0.05) is 34.8 Å². The van der Waals surface area contributed by atoms with Crippen LogP contribution >= 0.6 is 15.9 Å². The fourth-order valence-electron chi connectivity index (χ4n) is 2.29. The van der Waals surface area contributed by atoms with Crippen molar-refractivity contribution in [3.8, 4) is 0 Å². The molecule has 1 atom stereocenters. The van der Waals surface area contributed by atoms with Gasteiger partial charge in [0.1, 0.15) is 5.65 Å². The lowest BCUT2D eigenvalue weighted by molar-refractivity contribution is 0.576. The van der Waals surface area contributed by atoms with Gasteiger partial charge in [-0.1, -0.05) is 28.1 Å². The smallest absolute Gasteiger partial charge is 0.137 e. The van der Waals surface area contributed by atoms with Crippen molar-refractivity contribution in [2.45, 2.75) is 19.5 Å². The number of fused-ring (bicyclic) bond motifs is 1. The third-order valence-electron chi connectivity index (χ3n) is 3.51. The molecular weight excluding hydrogens is 314 g/mol. The van der Waals surface area contributed by atoms with E-state index >= 15 is 0 Å². The molecule has 0 amide bonds. The van der Waals surface area contributed by atoms with Crippen LogP contribution in [0.5, 0.6) is 0 Å². The summed E-state index contributed by atoms with van der Waals surface area (Å²) >= 11 is 3.46. The Morgan fingerprint density at radius 1 is 1.25 bits per heavy atom. The van der Waals surface area contributed by atoms with E-state index in [0.29, 0.717) is 6.04 Å². The van der Waals surface area contributed by atoms with Crippen LogP contribution in [0.2, 0.25) is 0 Å². The highest BCUT2D eigenvalue weighted by Crippen LogP contribution is 2.19. The van der Waals surface area contributed by atoms with E-state index in [-0.39, 0.29) is 0 Å². The zero-order valence-corrected chi connectivity index (χ0v) is 12.8. The lowest BCUT2D eigenvalue weighted by Gasteiger charge is -2.14. The fraction of sp³-hybridized carbons (Fsp3) is 0.188. The topological polar surface area (TPSA) is 40.7 Å². The number of rotatable bonds is 4. The number of halogens is 1. The monoisotopic (exact) mass is 329 g/mol. The van der Waals surface area contributed by atoms with Gasteiger partial charge in [-0.05, 0) is 42.3 Å². The maximum absolute atomic E-state index is 4.31. The first kappa shape index (κ1) is 13.3. The number of aromatic nitrogens is 2. The molecule has 1 aromatic carbocycles. The first-order valence-corrected chi connectivity index (χ1v) is 7.43. The van der Waals surface area contributed by atoms with Crippen molar-refractivity contribution in [2.75, 3.05) is 0 Å². The average Bonchev–Trinajstić information content (AvgIpc) is 2.89. The minimum Gasteiger partial charge on any atom is -0.346 e. The van der Waals surface area contributed by atoms with E-state index in [2.05, 4.69) is 68.5 Å². The summed E-state index contributed by atoms with van der Waals surface area (Å²) in [4.78, 5) is 7.51. The molecule has 0 aliphatic rings. The average molecular weight is 330 g/mol. The largest absolute Gasteiger partial charge is 0.346 e. The van der Waals surface area contributed by atoms with Crippen LogP contribution < -0.4 is 5.32 Å². The molecule has 3 aromatic rings. The maximum atomic E-state index is 4.31. The molecule has 3 rings (SSSR count). The number of nitrogens with one attached hydrogen (secondary N) is 2. The summed E-state index contributed by atoms with van der Waals surface area (Å²) in [5, 5.41) is 4.73. The Morgan fingerprint density at radius 2 is 2.05 bits per heavy atom. The number of hydrogen-bond acceptors (Lipinski definition) is 2. The van der Waals surface area contributed by atoms with Gasteiger partial charge in [-0.3, -0.25) is 0 Å². The Kier molecular flexibility index (Phi) is 3.85. The molecule has 0 aliphatic carbocycles. The molecule has 4 heteroatoms. The number of aromatic amines is 1. The number of nitrogens with zero attached hydrogens (tertiary/aromatic N) is 1. The Labute approximate surface area is 126 Å². The quantitative estimate of drug-likeness (QED) is 0.753. The first-order valence-electron chi connectivity index (χ1n) is 6.64. The van der Waals surface area contributed by atoms with Crippen molar-refractivity contribution >= 4 is 27.0 Å². The molecule has 0 unspecified atom stereocenters. The van der Waals surface area contributed by atoms with Crippen molar-refractivity contribution in [3.63, 3.8) is 0 Å². The minimum atomic E-state index is 0.310. The molecule has 0 saturated carbocycles. The standard InChI is InChI=1S/C16H16BrN3/c1-11(12-4-6-14(17)7-5-12)19-9-13-10-20-16-15(13)3-2-8-18-16/h2-8,10-11,19H,9H2,1H3,(H,18,20)/t11-/m0/s1. The van der Waals surface area contributed by atoms with Crippen molar-refractivity contribution < 1.29 is 0 Å². The highest BCUT2D eigenvalue weighted by atomic mass is 79.9. The van der Waals surface area contributed by atoms with Crippen molar-refractivity contribution in [1.29, 1.82) is 0 Å². The van der Waals surface area contributed by atoms with Crippen LogP contribution in [0.1, 0.15) is 24.1 Å². The zero-order valence-electron chi connectivity index (χ0n) is 11.2. The molecule has 0 fully saturated rings. The summed E-state index contributed by atoms with van der Waals surface area (Å²) in [7, 11) is 0. The molecule has 20 heavy (non-hydrogen) atoms. The summed E-state index contributed by atoms with van der Waals surface area (Å²) < 4.78 is 1.11. The van der Waals surface area contributed by atoms with Crippen LogP contribution in [0.15, 0.2) is 53.3 Å². The van der Waals surface area contributed by atoms with E-state index in [0.717, 1.165) is 16.7 Å². The van der Waals surface area contributed by atoms with Gasteiger partial charge < -0.3 is 10.3 Å². The van der Waals surface area contributed by atoms with Crippen LogP contribution in [0.25, 0.3) is 11.0 Å². The normalized spacial score (nSPS) is 12.7. The summed E-state index contributed by atoms with van der Waals surface area (Å²) in [6, 6.07) is 12.8. The molecule has 3 nitrogen and oxygen atoms in total. The number of H-pyrrole nitrogens is 1. The molecule has 0 bridgehead atoms. The SMILES string of the molecule is C[C@H](NCc1c[nH]c2ncccc12)c1ccc(Br)cc1. The lowest BCUT2D eigenvalue weighted by atomic mass is 10.1. The second-order valence-corrected chi connectivity index (χ2v) is 5.78. The zero-order chi connectivity index (χ0) is 13.9. The highest BCUT2D eigenvalue weighted by molar-refractivity contribution is 9.10. The summed E-state index contributed by atoms with van der Waals surface area (Å²) in [6.45, 7) is 3.00. The molecular formula is C16H16BrN3.